The molecule has 124 valence electrons. The van der Waals surface area contributed by atoms with Crippen LogP contribution in [0.15, 0.2) is 58.7 Å². The number of carbonyl (C=O) groups is 1. The number of hydrogen-bond donors (Lipinski definition) is 2. The Hall–Kier alpha value is -2.74. The van der Waals surface area contributed by atoms with Gasteiger partial charge in [-0.2, -0.15) is 0 Å². The number of pyridine rings is 1. The van der Waals surface area contributed by atoms with Crippen molar-refractivity contribution in [2.75, 3.05) is 6.54 Å². The second-order valence-corrected chi connectivity index (χ2v) is 6.99. The Labute approximate surface area is 139 Å². The first-order valence-electron chi connectivity index (χ1n) is 7.33. The first-order valence-corrected chi connectivity index (χ1v) is 8.81. The van der Waals surface area contributed by atoms with E-state index in [0.29, 0.717) is 5.56 Å². The van der Waals surface area contributed by atoms with E-state index >= 15 is 0 Å². The Bertz CT molecular complexity index is 895. The van der Waals surface area contributed by atoms with Crippen molar-refractivity contribution in [1.82, 2.24) is 15.0 Å². The van der Waals surface area contributed by atoms with Gasteiger partial charge in [-0.1, -0.05) is 12.1 Å². The van der Waals surface area contributed by atoms with Crippen molar-refractivity contribution < 1.29 is 13.2 Å². The predicted molar refractivity (Wildman–Crippen MR) is 89.0 cm³/mol. The van der Waals surface area contributed by atoms with E-state index in [0.717, 1.165) is 5.56 Å². The van der Waals surface area contributed by atoms with E-state index in [-0.39, 0.29) is 29.2 Å². The summed E-state index contributed by atoms with van der Waals surface area (Å²) < 4.78 is 26.3. The molecule has 8 heteroatoms. The van der Waals surface area contributed by atoms with Crippen molar-refractivity contribution in [2.45, 2.75) is 17.9 Å². The highest BCUT2D eigenvalue weighted by molar-refractivity contribution is 7.90. The number of aromatic nitrogens is 1. The van der Waals surface area contributed by atoms with E-state index in [2.05, 4.69) is 20.0 Å². The molecule has 0 aliphatic carbocycles. The summed E-state index contributed by atoms with van der Waals surface area (Å²) in [4.78, 5) is 20.3. The van der Waals surface area contributed by atoms with E-state index < -0.39 is 10.0 Å². The zero-order valence-corrected chi connectivity index (χ0v) is 13.7. The topological polar surface area (TPSA) is 101 Å². The van der Waals surface area contributed by atoms with Gasteiger partial charge in [0.1, 0.15) is 12.4 Å². The van der Waals surface area contributed by atoms with E-state index in [1.165, 1.54) is 6.07 Å². The lowest BCUT2D eigenvalue weighted by molar-refractivity contribution is -0.120. The van der Waals surface area contributed by atoms with E-state index in [9.17, 15) is 13.2 Å². The van der Waals surface area contributed by atoms with Gasteiger partial charge in [0, 0.05) is 18.0 Å². The monoisotopic (exact) mass is 344 g/mol. The van der Waals surface area contributed by atoms with Gasteiger partial charge in [-0.3, -0.25) is 19.5 Å². The van der Waals surface area contributed by atoms with Crippen LogP contribution >= 0.6 is 0 Å². The van der Waals surface area contributed by atoms with Crippen LogP contribution in [0.5, 0.6) is 0 Å². The SMILES string of the molecule is C[C@@H](NC(=O)CN=C1NS(=O)(=O)c2ccccc21)c1ccncc1. The number of carbonyl (C=O) groups excluding carboxylic acids is 1. The minimum atomic E-state index is -3.59. The Balaban J connectivity index is 1.70. The van der Waals surface area contributed by atoms with Crippen molar-refractivity contribution in [3.63, 3.8) is 0 Å². The number of benzene rings is 1. The first-order chi connectivity index (χ1) is 11.5. The average Bonchev–Trinajstić information content (AvgIpc) is 2.85. The standard InChI is InChI=1S/C16H16N4O3S/c1-11(12-6-8-17-9-7-12)19-15(21)10-18-16-13-4-2-3-5-14(13)24(22,23)20-16/h2-9,11H,10H2,1H3,(H,18,20)(H,19,21)/t11-/m1/s1. The Morgan fingerprint density at radius 2 is 1.96 bits per heavy atom. The predicted octanol–water partition coefficient (Wildman–Crippen LogP) is 0.997. The molecule has 2 aromatic rings. The molecule has 2 N–H and O–H groups in total. The summed E-state index contributed by atoms with van der Waals surface area (Å²) in [5.74, 6) is -0.104. The lowest BCUT2D eigenvalue weighted by Crippen LogP contribution is -2.30. The highest BCUT2D eigenvalue weighted by atomic mass is 32.2. The fraction of sp³-hybridized carbons (Fsp3) is 0.188. The van der Waals surface area contributed by atoms with Crippen LogP contribution in [0.4, 0.5) is 0 Å². The molecule has 1 aliphatic rings. The molecule has 3 rings (SSSR count). The van der Waals surface area contributed by atoms with Crippen LogP contribution in [0.2, 0.25) is 0 Å². The molecule has 7 nitrogen and oxygen atoms in total. The second-order valence-electron chi connectivity index (χ2n) is 5.34. The molecule has 1 amide bonds. The van der Waals surface area contributed by atoms with Crippen LogP contribution in [-0.4, -0.2) is 31.7 Å². The van der Waals surface area contributed by atoms with Gasteiger partial charge >= 0.3 is 0 Å². The third-order valence-corrected chi connectivity index (χ3v) is 5.02. The largest absolute Gasteiger partial charge is 0.348 e. The van der Waals surface area contributed by atoms with Crippen LogP contribution < -0.4 is 10.0 Å². The molecule has 0 fully saturated rings. The maximum atomic E-state index is 12.0. The summed E-state index contributed by atoms with van der Waals surface area (Å²) in [6.45, 7) is 1.69. The molecule has 0 saturated carbocycles. The van der Waals surface area contributed by atoms with Crippen molar-refractivity contribution in [3.8, 4) is 0 Å². The molecule has 1 aromatic carbocycles. The van der Waals surface area contributed by atoms with Gasteiger partial charge < -0.3 is 5.32 Å². The Kier molecular flexibility index (Phi) is 4.30. The summed E-state index contributed by atoms with van der Waals surface area (Å²) in [6.07, 6.45) is 3.31. The molecule has 0 unspecified atom stereocenters. The van der Waals surface area contributed by atoms with Crippen LogP contribution in [0.3, 0.4) is 0 Å². The van der Waals surface area contributed by atoms with Crippen LogP contribution in [0, 0.1) is 0 Å². The summed E-state index contributed by atoms with van der Waals surface area (Å²) in [7, 11) is -3.59. The highest BCUT2D eigenvalue weighted by Gasteiger charge is 2.30. The number of amides is 1. The van der Waals surface area contributed by atoms with Gasteiger partial charge in [-0.05, 0) is 36.8 Å². The normalized spacial score (nSPS) is 17.8. The number of hydrogen-bond acceptors (Lipinski definition) is 5. The van der Waals surface area contributed by atoms with Crippen molar-refractivity contribution in [1.29, 1.82) is 0 Å². The number of aliphatic imine (C=N–C) groups is 1. The number of nitrogens with zero attached hydrogens (tertiary/aromatic N) is 2. The zero-order valence-electron chi connectivity index (χ0n) is 12.9. The fourth-order valence-electron chi connectivity index (χ4n) is 2.42. The summed E-state index contributed by atoms with van der Waals surface area (Å²) in [5.41, 5.74) is 1.41. The second kappa shape index (κ2) is 6.40. The van der Waals surface area contributed by atoms with Gasteiger partial charge in [0.25, 0.3) is 10.0 Å². The van der Waals surface area contributed by atoms with Crippen molar-refractivity contribution >= 4 is 21.8 Å². The smallest absolute Gasteiger partial charge is 0.263 e. The molecule has 0 bridgehead atoms. The number of amidine groups is 1. The third kappa shape index (κ3) is 3.28. The number of fused-ring (bicyclic) bond motifs is 1. The van der Waals surface area contributed by atoms with Crippen LogP contribution in [0.1, 0.15) is 24.1 Å². The number of nitrogens with one attached hydrogen (secondary N) is 2. The Morgan fingerprint density at radius 1 is 1.25 bits per heavy atom. The molecule has 1 aromatic heterocycles. The molecule has 1 atom stereocenters. The molecule has 2 heterocycles. The zero-order chi connectivity index (χ0) is 17.2. The minimum absolute atomic E-state index is 0.165. The maximum Gasteiger partial charge on any atom is 0.263 e. The third-order valence-electron chi connectivity index (χ3n) is 3.63. The van der Waals surface area contributed by atoms with Gasteiger partial charge in [0.15, 0.2) is 0 Å². The molecular formula is C16H16N4O3S. The van der Waals surface area contributed by atoms with Crippen LogP contribution in [-0.2, 0) is 14.8 Å². The van der Waals surface area contributed by atoms with Crippen LogP contribution in [0.25, 0.3) is 0 Å². The number of rotatable bonds is 4. The quantitative estimate of drug-likeness (QED) is 0.864. The van der Waals surface area contributed by atoms with Crippen molar-refractivity contribution in [3.05, 3.63) is 59.9 Å². The minimum Gasteiger partial charge on any atom is -0.348 e. The van der Waals surface area contributed by atoms with Gasteiger partial charge in [0.05, 0.1) is 10.9 Å². The van der Waals surface area contributed by atoms with Gasteiger partial charge in [0.2, 0.25) is 5.91 Å². The maximum absolute atomic E-state index is 12.0. The lowest BCUT2D eigenvalue weighted by atomic mass is 10.1. The van der Waals surface area contributed by atoms with Crippen molar-refractivity contribution in [2.24, 2.45) is 4.99 Å². The van der Waals surface area contributed by atoms with E-state index in [1.807, 2.05) is 19.1 Å². The van der Waals surface area contributed by atoms with Gasteiger partial charge in [-0.25, -0.2) is 8.42 Å². The molecule has 0 spiro atoms. The average molecular weight is 344 g/mol. The summed E-state index contributed by atoms with van der Waals surface area (Å²) >= 11 is 0. The summed E-state index contributed by atoms with van der Waals surface area (Å²) in [5, 5.41) is 2.81. The fourth-order valence-corrected chi connectivity index (χ4v) is 3.68. The first kappa shape index (κ1) is 16.1. The highest BCUT2D eigenvalue weighted by Crippen LogP contribution is 2.22. The molecule has 24 heavy (non-hydrogen) atoms. The molecule has 0 radical (unpaired) electrons. The van der Waals surface area contributed by atoms with Gasteiger partial charge in [-0.15, -0.1) is 0 Å². The molecule has 1 aliphatic heterocycles. The van der Waals surface area contributed by atoms with E-state index in [4.69, 9.17) is 0 Å². The Morgan fingerprint density at radius 3 is 2.71 bits per heavy atom. The molecule has 0 saturated heterocycles. The molecular weight excluding hydrogens is 328 g/mol. The number of sulfonamides is 1. The lowest BCUT2D eigenvalue weighted by Gasteiger charge is -2.13. The summed E-state index contributed by atoms with van der Waals surface area (Å²) in [6, 6.07) is 9.98. The van der Waals surface area contributed by atoms with E-state index in [1.54, 1.807) is 30.6 Å².